The molecule has 0 atom stereocenters. The molecule has 474 valence electrons. The quantitative estimate of drug-likeness (QED) is 0.135. The number of anilines is 6. The van der Waals surface area contributed by atoms with Crippen LogP contribution in [0.3, 0.4) is 0 Å². The molecular formula is C96H56N2O2S2. The van der Waals surface area contributed by atoms with Crippen molar-refractivity contribution in [2.45, 2.75) is 0 Å². The lowest BCUT2D eigenvalue weighted by Gasteiger charge is -2.31. The van der Waals surface area contributed by atoms with Gasteiger partial charge < -0.3 is 18.6 Å². The van der Waals surface area contributed by atoms with Gasteiger partial charge in [0, 0.05) is 90.8 Å². The highest BCUT2D eigenvalue weighted by molar-refractivity contribution is 7.26. The van der Waals surface area contributed by atoms with Gasteiger partial charge in [-0.25, -0.2) is 0 Å². The van der Waals surface area contributed by atoms with Crippen molar-refractivity contribution >= 4 is 206 Å². The van der Waals surface area contributed by atoms with E-state index in [2.05, 4.69) is 350 Å². The van der Waals surface area contributed by atoms with Crippen LogP contribution in [0.5, 0.6) is 0 Å². The van der Waals surface area contributed by atoms with Crippen LogP contribution in [0, 0.1) is 0 Å². The van der Waals surface area contributed by atoms with Crippen LogP contribution in [-0.4, -0.2) is 0 Å². The molecule has 22 aromatic rings. The van der Waals surface area contributed by atoms with E-state index in [1.807, 2.05) is 22.7 Å². The molecule has 0 radical (unpaired) electrons. The van der Waals surface area contributed by atoms with Crippen molar-refractivity contribution in [3.63, 3.8) is 0 Å². The number of hydrogen-bond donors (Lipinski definition) is 0. The molecule has 4 aromatic heterocycles. The maximum absolute atomic E-state index is 7.25. The van der Waals surface area contributed by atoms with E-state index in [-0.39, 0.29) is 0 Å². The summed E-state index contributed by atoms with van der Waals surface area (Å²) < 4.78 is 19.3. The zero-order chi connectivity index (χ0) is 66.7. The third-order valence-corrected chi connectivity index (χ3v) is 23.7. The van der Waals surface area contributed by atoms with Gasteiger partial charge in [-0.15, -0.1) is 22.7 Å². The van der Waals surface area contributed by atoms with Crippen molar-refractivity contribution in [1.82, 2.24) is 0 Å². The van der Waals surface area contributed by atoms with E-state index in [1.54, 1.807) is 0 Å². The lowest BCUT2D eigenvalue weighted by Crippen LogP contribution is -2.13. The molecule has 0 saturated heterocycles. The summed E-state index contributed by atoms with van der Waals surface area (Å²) in [4.78, 5) is 5.08. The molecule has 0 spiro atoms. The molecule has 0 unspecified atom stereocenters. The van der Waals surface area contributed by atoms with Gasteiger partial charge >= 0.3 is 0 Å². The first-order chi connectivity index (χ1) is 50.6. The normalized spacial score (nSPS) is 12.1. The zero-order valence-electron chi connectivity index (χ0n) is 54.9. The minimum atomic E-state index is 0.819. The van der Waals surface area contributed by atoms with Gasteiger partial charge in [0.1, 0.15) is 16.7 Å². The summed E-state index contributed by atoms with van der Waals surface area (Å²) in [6.07, 6.45) is 0. The first-order valence-electron chi connectivity index (χ1n) is 34.8. The maximum Gasteiger partial charge on any atom is 0.159 e. The number of thiophene rings is 2. The Balaban J connectivity index is 0.732. The molecule has 22 rings (SSSR count). The first kappa shape index (κ1) is 57.1. The van der Waals surface area contributed by atoms with Crippen LogP contribution in [0.2, 0.25) is 0 Å². The van der Waals surface area contributed by atoms with E-state index < -0.39 is 0 Å². The highest BCUT2D eigenvalue weighted by atomic mass is 32.1. The monoisotopic (exact) mass is 1330 g/mol. The van der Waals surface area contributed by atoms with Crippen molar-refractivity contribution in [2.75, 3.05) is 9.80 Å². The summed E-state index contributed by atoms with van der Waals surface area (Å²) >= 11 is 3.70. The third-order valence-electron chi connectivity index (χ3n) is 21.4. The van der Waals surface area contributed by atoms with Gasteiger partial charge in [-0.3, -0.25) is 0 Å². The second-order valence-corrected chi connectivity index (χ2v) is 29.0. The van der Waals surface area contributed by atoms with Crippen LogP contribution in [0.15, 0.2) is 349 Å². The van der Waals surface area contributed by atoms with E-state index in [0.717, 1.165) is 116 Å². The van der Waals surface area contributed by atoms with Gasteiger partial charge in [0.05, 0.1) is 33.1 Å². The smallest absolute Gasteiger partial charge is 0.159 e. The fourth-order valence-electron chi connectivity index (χ4n) is 17.0. The number of nitrogens with zero attached hydrogens (tertiary/aromatic N) is 2. The first-order valence-corrected chi connectivity index (χ1v) is 36.4. The predicted octanol–water partition coefficient (Wildman–Crippen LogP) is 29.1. The van der Waals surface area contributed by atoms with E-state index in [9.17, 15) is 0 Å². The average Bonchev–Trinajstić information content (AvgIpc) is 0.833. The van der Waals surface area contributed by atoms with Gasteiger partial charge in [0.2, 0.25) is 0 Å². The fourth-order valence-corrected chi connectivity index (χ4v) is 19.3. The molecular weight excluding hydrogens is 1280 g/mol. The number of benzene rings is 18. The summed E-state index contributed by atoms with van der Waals surface area (Å²) in [5.41, 5.74) is 16.6. The Morgan fingerprint density at radius 1 is 0.235 bits per heavy atom. The van der Waals surface area contributed by atoms with E-state index in [1.165, 1.54) is 99.9 Å². The molecule has 0 N–H and O–H groups in total. The zero-order valence-corrected chi connectivity index (χ0v) is 56.5. The largest absolute Gasteiger partial charge is 0.456 e. The lowest BCUT2D eigenvalue weighted by atomic mass is 9.87. The summed E-state index contributed by atoms with van der Waals surface area (Å²) in [5, 5.41) is 23.4. The Morgan fingerprint density at radius 2 is 0.686 bits per heavy atom. The Morgan fingerprint density at radius 3 is 1.40 bits per heavy atom. The van der Waals surface area contributed by atoms with Gasteiger partial charge in [0.25, 0.3) is 0 Å². The number of rotatable bonds is 9. The molecule has 0 aliphatic heterocycles. The second-order valence-electron chi connectivity index (χ2n) is 26.8. The fraction of sp³-hybridized carbons (Fsp3) is 0. The highest BCUT2D eigenvalue weighted by Gasteiger charge is 2.31. The Labute approximate surface area is 593 Å². The molecule has 6 heteroatoms. The summed E-state index contributed by atoms with van der Waals surface area (Å²) in [6, 6.07) is 125. The number of fused-ring (bicyclic) bond motifs is 20. The molecule has 0 saturated carbocycles. The van der Waals surface area contributed by atoms with Gasteiger partial charge in [-0.05, 0) is 149 Å². The molecule has 0 amide bonds. The van der Waals surface area contributed by atoms with Crippen LogP contribution in [0.25, 0.3) is 182 Å². The molecule has 18 aromatic carbocycles. The SMILES string of the molecule is c1cc(-c2c(N(c3cccc4c3oc3ccccc34)c3cccc4c3sc3ccccc34)c3ccccc3c3ccccc23)c2ccc(-c3ccc4c(c3)oc3cc(N(c5c(-c6cccc7ccccc67)c6ccccc6c6ccccc56)c5cccc6sc7ccccc7c56)ccc34)cc2c1. The Bertz CT molecular complexity index is 7190. The molecule has 0 aliphatic carbocycles. The topological polar surface area (TPSA) is 32.8 Å². The molecule has 4 heterocycles. The molecule has 0 aliphatic rings. The summed E-state index contributed by atoms with van der Waals surface area (Å²) in [5.74, 6) is 0. The number of para-hydroxylation sites is 2. The molecule has 4 nitrogen and oxygen atoms in total. The Hall–Kier alpha value is -12.8. The van der Waals surface area contributed by atoms with Crippen molar-refractivity contribution in [1.29, 1.82) is 0 Å². The Kier molecular flexibility index (Phi) is 12.5. The van der Waals surface area contributed by atoms with Crippen LogP contribution in [0.4, 0.5) is 34.1 Å². The van der Waals surface area contributed by atoms with E-state index in [0.29, 0.717) is 0 Å². The third kappa shape index (κ3) is 8.48. The standard InChI is InChI=1S/C96H56N2O2S2/c1-2-25-62-57(22-1)23-17-37-72(62)90-74-32-7-3-26-64(74)66-28-5-9-34-76(66)93(90)97(81-41-21-47-89-92(81)80-36-13-16-46-88(80)101-89)61-50-53-70-69-52-49-59(55-85(69)99-86(70)56-61)58-48-51-63-60(54-58)24-18-38-73(63)91-75-33-8-4-27-65(75)67-29-6-10-35-77(67)94(91)98(82-42-19-39-78-68-30-11-14-44-84(68)100-95(78)82)83-43-20-40-79-71-31-12-15-45-87(71)102-96(79)83/h1-56H. The molecule has 102 heavy (non-hydrogen) atoms. The maximum atomic E-state index is 7.25. The minimum absolute atomic E-state index is 0.819. The molecule has 0 bridgehead atoms. The van der Waals surface area contributed by atoms with Crippen molar-refractivity contribution < 1.29 is 8.83 Å². The minimum Gasteiger partial charge on any atom is -0.456 e. The molecule has 0 fully saturated rings. The highest BCUT2D eigenvalue weighted by Crippen LogP contribution is 2.57. The van der Waals surface area contributed by atoms with Crippen LogP contribution < -0.4 is 9.80 Å². The number of hydrogen-bond acceptors (Lipinski definition) is 6. The lowest BCUT2D eigenvalue weighted by molar-refractivity contribution is 0.669. The van der Waals surface area contributed by atoms with Gasteiger partial charge in [-0.2, -0.15) is 0 Å². The number of furan rings is 2. The average molecular weight is 1330 g/mol. The van der Waals surface area contributed by atoms with E-state index >= 15 is 0 Å². The van der Waals surface area contributed by atoms with Gasteiger partial charge in [0.15, 0.2) is 5.58 Å². The van der Waals surface area contributed by atoms with Crippen molar-refractivity contribution in [2.24, 2.45) is 0 Å². The summed E-state index contributed by atoms with van der Waals surface area (Å²) in [6.45, 7) is 0. The van der Waals surface area contributed by atoms with E-state index in [4.69, 9.17) is 8.83 Å². The van der Waals surface area contributed by atoms with Crippen molar-refractivity contribution in [3.05, 3.63) is 340 Å². The predicted molar refractivity (Wildman–Crippen MR) is 437 cm³/mol. The summed E-state index contributed by atoms with van der Waals surface area (Å²) in [7, 11) is 0. The van der Waals surface area contributed by atoms with Gasteiger partial charge in [-0.1, -0.05) is 261 Å². The van der Waals surface area contributed by atoms with Crippen LogP contribution in [-0.2, 0) is 0 Å². The van der Waals surface area contributed by atoms with Crippen LogP contribution in [0.1, 0.15) is 0 Å². The van der Waals surface area contributed by atoms with Crippen molar-refractivity contribution in [3.8, 4) is 33.4 Å². The van der Waals surface area contributed by atoms with Crippen LogP contribution >= 0.6 is 22.7 Å². The second kappa shape index (κ2) is 22.3.